The fourth-order valence-corrected chi connectivity index (χ4v) is 2.05. The minimum atomic E-state index is -0.245. The number of likely N-dealkylation sites (tertiary alicyclic amines) is 1. The summed E-state index contributed by atoms with van der Waals surface area (Å²) in [5, 5.41) is 3.96. The lowest BCUT2D eigenvalue weighted by molar-refractivity contribution is -0.144. The molecule has 1 saturated heterocycles. The van der Waals surface area contributed by atoms with Gasteiger partial charge in [-0.05, 0) is 12.5 Å². The van der Waals surface area contributed by atoms with E-state index in [4.69, 9.17) is 0 Å². The van der Waals surface area contributed by atoms with Crippen molar-refractivity contribution in [2.75, 3.05) is 20.2 Å². The molecule has 0 spiro atoms. The van der Waals surface area contributed by atoms with Crippen LogP contribution in [0.25, 0.3) is 0 Å². The zero-order chi connectivity index (χ0) is 12.4. The minimum Gasteiger partial charge on any atom is -0.469 e. The standard InChI is InChI=1S/C11H15N3O3/c1-13-9(3-5-12-13)10(15)14-6-4-8(7-14)11(16)17-2/h3,5,8H,4,6-7H2,1-2H3. The predicted molar refractivity (Wildman–Crippen MR) is 59.2 cm³/mol. The highest BCUT2D eigenvalue weighted by Gasteiger charge is 2.32. The zero-order valence-corrected chi connectivity index (χ0v) is 9.92. The number of aromatic nitrogens is 2. The Labute approximate surface area is 99.1 Å². The highest BCUT2D eigenvalue weighted by molar-refractivity contribution is 5.93. The van der Waals surface area contributed by atoms with Crippen molar-refractivity contribution in [3.63, 3.8) is 0 Å². The molecule has 0 radical (unpaired) electrons. The molecule has 2 rings (SSSR count). The van der Waals surface area contributed by atoms with Crippen molar-refractivity contribution >= 4 is 11.9 Å². The van der Waals surface area contributed by atoms with E-state index in [-0.39, 0.29) is 17.8 Å². The summed E-state index contributed by atoms with van der Waals surface area (Å²) in [6.07, 6.45) is 2.25. The van der Waals surface area contributed by atoms with Gasteiger partial charge in [0.2, 0.25) is 0 Å². The van der Waals surface area contributed by atoms with E-state index < -0.39 is 0 Å². The molecule has 1 unspecified atom stereocenters. The molecular formula is C11H15N3O3. The van der Waals surface area contributed by atoms with Gasteiger partial charge in [0.1, 0.15) is 5.69 Å². The van der Waals surface area contributed by atoms with Gasteiger partial charge in [-0.25, -0.2) is 0 Å². The Hall–Kier alpha value is -1.85. The van der Waals surface area contributed by atoms with Crippen LogP contribution in [-0.4, -0.2) is 46.8 Å². The first kappa shape index (κ1) is 11.6. The molecular weight excluding hydrogens is 222 g/mol. The molecule has 17 heavy (non-hydrogen) atoms. The molecule has 1 amide bonds. The second-order valence-corrected chi connectivity index (χ2v) is 4.10. The van der Waals surface area contributed by atoms with E-state index in [0.29, 0.717) is 25.2 Å². The summed E-state index contributed by atoms with van der Waals surface area (Å²) in [7, 11) is 3.09. The topological polar surface area (TPSA) is 64.4 Å². The summed E-state index contributed by atoms with van der Waals surface area (Å²) in [4.78, 5) is 25.1. The molecule has 0 N–H and O–H groups in total. The van der Waals surface area contributed by atoms with Gasteiger partial charge in [-0.1, -0.05) is 0 Å². The first-order valence-corrected chi connectivity index (χ1v) is 5.48. The van der Waals surface area contributed by atoms with Crippen LogP contribution in [0.15, 0.2) is 12.3 Å². The molecule has 1 atom stereocenters. The number of amides is 1. The largest absolute Gasteiger partial charge is 0.469 e. The molecule has 6 heteroatoms. The van der Waals surface area contributed by atoms with E-state index >= 15 is 0 Å². The number of carbonyl (C=O) groups is 2. The van der Waals surface area contributed by atoms with Gasteiger partial charge in [-0.2, -0.15) is 5.10 Å². The molecule has 1 aliphatic rings. The van der Waals surface area contributed by atoms with Gasteiger partial charge in [0, 0.05) is 26.3 Å². The molecule has 6 nitrogen and oxygen atoms in total. The third-order valence-corrected chi connectivity index (χ3v) is 3.05. The Morgan fingerprint density at radius 1 is 1.53 bits per heavy atom. The van der Waals surface area contributed by atoms with E-state index in [1.54, 1.807) is 24.2 Å². The van der Waals surface area contributed by atoms with Crippen LogP contribution < -0.4 is 0 Å². The number of aryl methyl sites for hydroxylation is 1. The number of rotatable bonds is 2. The first-order valence-electron chi connectivity index (χ1n) is 5.48. The lowest BCUT2D eigenvalue weighted by Crippen LogP contribution is -2.31. The van der Waals surface area contributed by atoms with Gasteiger partial charge in [0.05, 0.1) is 13.0 Å². The number of ether oxygens (including phenoxy) is 1. The number of esters is 1. The molecule has 1 aliphatic heterocycles. The van der Waals surface area contributed by atoms with E-state index in [2.05, 4.69) is 9.84 Å². The summed E-state index contributed by atoms with van der Waals surface area (Å²) in [5.41, 5.74) is 0.538. The second-order valence-electron chi connectivity index (χ2n) is 4.10. The molecule has 0 saturated carbocycles. The SMILES string of the molecule is COC(=O)C1CCN(C(=O)c2ccnn2C)C1. The Balaban J connectivity index is 2.04. The maximum Gasteiger partial charge on any atom is 0.310 e. The number of hydrogen-bond donors (Lipinski definition) is 0. The van der Waals surface area contributed by atoms with Gasteiger partial charge in [0.25, 0.3) is 5.91 Å². The van der Waals surface area contributed by atoms with Gasteiger partial charge >= 0.3 is 5.97 Å². The van der Waals surface area contributed by atoms with Gasteiger partial charge in [-0.3, -0.25) is 14.3 Å². The van der Waals surface area contributed by atoms with E-state index in [0.717, 1.165) is 0 Å². The average molecular weight is 237 g/mol. The Bertz CT molecular complexity index is 441. The molecule has 92 valence electrons. The normalized spacial score (nSPS) is 19.4. The van der Waals surface area contributed by atoms with Gasteiger partial charge < -0.3 is 9.64 Å². The zero-order valence-electron chi connectivity index (χ0n) is 9.92. The van der Waals surface area contributed by atoms with Crippen molar-refractivity contribution < 1.29 is 14.3 Å². The van der Waals surface area contributed by atoms with E-state index in [1.165, 1.54) is 11.8 Å². The molecule has 0 bridgehead atoms. The van der Waals surface area contributed by atoms with Gasteiger partial charge in [0.15, 0.2) is 0 Å². The fraction of sp³-hybridized carbons (Fsp3) is 0.545. The van der Waals surface area contributed by atoms with Crippen LogP contribution in [0.5, 0.6) is 0 Å². The Morgan fingerprint density at radius 2 is 2.29 bits per heavy atom. The maximum absolute atomic E-state index is 12.1. The Kier molecular flexibility index (Phi) is 3.12. The van der Waals surface area contributed by atoms with Crippen LogP contribution in [0.4, 0.5) is 0 Å². The summed E-state index contributed by atoms with van der Waals surface area (Å²) in [6.45, 7) is 1.01. The summed E-state index contributed by atoms with van der Waals surface area (Å²) >= 11 is 0. The lowest BCUT2D eigenvalue weighted by Gasteiger charge is -2.15. The molecule has 0 aliphatic carbocycles. The maximum atomic E-state index is 12.1. The van der Waals surface area contributed by atoms with Gasteiger partial charge in [-0.15, -0.1) is 0 Å². The average Bonchev–Trinajstić information content (AvgIpc) is 2.95. The van der Waals surface area contributed by atoms with Crippen molar-refractivity contribution in [3.05, 3.63) is 18.0 Å². The fourth-order valence-electron chi connectivity index (χ4n) is 2.05. The number of carbonyl (C=O) groups excluding carboxylic acids is 2. The predicted octanol–water partition coefficient (Wildman–Crippen LogP) is 0.0552. The van der Waals surface area contributed by atoms with Crippen LogP contribution >= 0.6 is 0 Å². The molecule has 2 heterocycles. The van der Waals surface area contributed by atoms with Crippen molar-refractivity contribution in [2.45, 2.75) is 6.42 Å². The van der Waals surface area contributed by atoms with Crippen molar-refractivity contribution in [3.8, 4) is 0 Å². The number of nitrogens with zero attached hydrogens (tertiary/aromatic N) is 3. The highest BCUT2D eigenvalue weighted by Crippen LogP contribution is 2.19. The summed E-state index contributed by atoms with van der Waals surface area (Å²) in [6, 6.07) is 1.67. The van der Waals surface area contributed by atoms with Crippen LogP contribution in [-0.2, 0) is 16.6 Å². The monoisotopic (exact) mass is 237 g/mol. The molecule has 1 aromatic rings. The van der Waals surface area contributed by atoms with Crippen LogP contribution in [0, 0.1) is 5.92 Å². The molecule has 0 aromatic carbocycles. The lowest BCUT2D eigenvalue weighted by atomic mass is 10.1. The quantitative estimate of drug-likeness (QED) is 0.682. The van der Waals surface area contributed by atoms with Crippen molar-refractivity contribution in [1.29, 1.82) is 0 Å². The summed E-state index contributed by atoms with van der Waals surface area (Å²) < 4.78 is 6.22. The third-order valence-electron chi connectivity index (χ3n) is 3.05. The highest BCUT2D eigenvalue weighted by atomic mass is 16.5. The second kappa shape index (κ2) is 4.57. The minimum absolute atomic E-state index is 0.0867. The number of hydrogen-bond acceptors (Lipinski definition) is 4. The summed E-state index contributed by atoms with van der Waals surface area (Å²) in [5.74, 6) is -0.529. The number of methoxy groups -OCH3 is 1. The van der Waals surface area contributed by atoms with Crippen molar-refractivity contribution in [2.24, 2.45) is 13.0 Å². The van der Waals surface area contributed by atoms with Crippen molar-refractivity contribution in [1.82, 2.24) is 14.7 Å². The van der Waals surface area contributed by atoms with Crippen LogP contribution in [0.1, 0.15) is 16.9 Å². The first-order chi connectivity index (χ1) is 8.13. The van der Waals surface area contributed by atoms with E-state index in [1.807, 2.05) is 0 Å². The van der Waals surface area contributed by atoms with Crippen LogP contribution in [0.3, 0.4) is 0 Å². The molecule has 1 aromatic heterocycles. The molecule has 1 fully saturated rings. The Morgan fingerprint density at radius 3 is 2.88 bits per heavy atom. The smallest absolute Gasteiger partial charge is 0.310 e. The third kappa shape index (κ3) is 2.15. The van der Waals surface area contributed by atoms with Crippen LogP contribution in [0.2, 0.25) is 0 Å². The van der Waals surface area contributed by atoms with E-state index in [9.17, 15) is 9.59 Å².